The molecular weight excluding hydrogens is 264 g/mol. The molecule has 0 aromatic heterocycles. The molecule has 4 N–H and O–H groups in total. The van der Waals surface area contributed by atoms with Crippen molar-refractivity contribution in [2.75, 3.05) is 7.11 Å². The van der Waals surface area contributed by atoms with Crippen LogP contribution in [0.2, 0.25) is 0 Å². The van der Waals surface area contributed by atoms with Gasteiger partial charge in [0, 0.05) is 0 Å². The lowest BCUT2D eigenvalue weighted by Gasteiger charge is -2.12. The van der Waals surface area contributed by atoms with Crippen molar-refractivity contribution in [1.82, 2.24) is 5.32 Å². The minimum absolute atomic E-state index is 0.00648. The highest BCUT2D eigenvalue weighted by Gasteiger charge is 2.21. The van der Waals surface area contributed by atoms with Crippen LogP contribution in [-0.4, -0.2) is 36.0 Å². The van der Waals surface area contributed by atoms with Gasteiger partial charge in [-0.25, -0.2) is 4.79 Å². The van der Waals surface area contributed by atoms with E-state index in [0.717, 1.165) is 0 Å². The smallest absolute Gasteiger partial charge is 0.326 e. The first kappa shape index (κ1) is 15.5. The first-order valence-corrected chi connectivity index (χ1v) is 5.85. The standard InChI is InChI=1S/C13H16N2O5/c1-20-9-4-2-8(3-5-9)6-12(17)15-10(13(18)19)7-11(14)16/h2-5,10H,6-7H2,1H3,(H2,14,16)(H,15,17)(H,18,19)/t10-/m1/s1. The minimum Gasteiger partial charge on any atom is -0.497 e. The van der Waals surface area contributed by atoms with E-state index in [9.17, 15) is 14.4 Å². The van der Waals surface area contributed by atoms with E-state index in [-0.39, 0.29) is 6.42 Å². The highest BCUT2D eigenvalue weighted by molar-refractivity contribution is 5.88. The lowest BCUT2D eigenvalue weighted by atomic mass is 10.1. The Morgan fingerprint density at radius 1 is 1.30 bits per heavy atom. The molecule has 0 aliphatic heterocycles. The van der Waals surface area contributed by atoms with Crippen LogP contribution in [0.3, 0.4) is 0 Å². The largest absolute Gasteiger partial charge is 0.497 e. The lowest BCUT2D eigenvalue weighted by Crippen LogP contribution is -2.43. The summed E-state index contributed by atoms with van der Waals surface area (Å²) < 4.78 is 4.98. The van der Waals surface area contributed by atoms with Crippen LogP contribution in [-0.2, 0) is 20.8 Å². The third-order valence-electron chi connectivity index (χ3n) is 2.56. The molecule has 0 radical (unpaired) electrons. The van der Waals surface area contributed by atoms with E-state index in [2.05, 4.69) is 5.32 Å². The summed E-state index contributed by atoms with van der Waals surface area (Å²) >= 11 is 0. The van der Waals surface area contributed by atoms with Gasteiger partial charge in [0.05, 0.1) is 20.0 Å². The number of carboxylic acid groups (broad SMARTS) is 1. The molecule has 7 heteroatoms. The van der Waals surface area contributed by atoms with Gasteiger partial charge in [-0.1, -0.05) is 12.1 Å². The summed E-state index contributed by atoms with van der Waals surface area (Å²) in [5.74, 6) is -1.93. The Labute approximate surface area is 115 Å². The Hall–Kier alpha value is -2.57. The van der Waals surface area contributed by atoms with Crippen molar-refractivity contribution in [3.63, 3.8) is 0 Å². The van der Waals surface area contributed by atoms with Crippen LogP contribution in [0.25, 0.3) is 0 Å². The molecule has 2 amide bonds. The molecule has 1 aromatic rings. The highest BCUT2D eigenvalue weighted by atomic mass is 16.5. The molecular formula is C13H16N2O5. The third kappa shape index (κ3) is 4.97. The maximum absolute atomic E-state index is 11.7. The number of carbonyl (C=O) groups is 3. The van der Waals surface area contributed by atoms with Gasteiger partial charge in [0.25, 0.3) is 0 Å². The van der Waals surface area contributed by atoms with Crippen LogP contribution in [0.4, 0.5) is 0 Å². The van der Waals surface area contributed by atoms with E-state index in [4.69, 9.17) is 15.6 Å². The van der Waals surface area contributed by atoms with Crippen molar-refractivity contribution in [3.05, 3.63) is 29.8 Å². The van der Waals surface area contributed by atoms with Crippen LogP contribution in [0.15, 0.2) is 24.3 Å². The molecule has 0 fully saturated rings. The molecule has 1 atom stereocenters. The normalized spacial score (nSPS) is 11.4. The van der Waals surface area contributed by atoms with E-state index in [1.165, 1.54) is 7.11 Å². The zero-order valence-electron chi connectivity index (χ0n) is 11.0. The number of hydrogen-bond acceptors (Lipinski definition) is 4. The van der Waals surface area contributed by atoms with Gasteiger partial charge in [0.15, 0.2) is 0 Å². The quantitative estimate of drug-likeness (QED) is 0.632. The van der Waals surface area contributed by atoms with Gasteiger partial charge in [0.2, 0.25) is 11.8 Å². The van der Waals surface area contributed by atoms with E-state index < -0.39 is 30.2 Å². The molecule has 0 saturated heterocycles. The molecule has 0 spiro atoms. The molecule has 0 unspecified atom stereocenters. The van der Waals surface area contributed by atoms with Crippen molar-refractivity contribution < 1.29 is 24.2 Å². The number of nitrogens with two attached hydrogens (primary N) is 1. The fourth-order valence-electron chi connectivity index (χ4n) is 1.58. The Balaban J connectivity index is 2.60. The predicted octanol–water partition coefficient (Wildman–Crippen LogP) is -0.317. The van der Waals surface area contributed by atoms with Crippen LogP contribution < -0.4 is 15.8 Å². The number of aliphatic carboxylic acids is 1. The molecule has 0 heterocycles. The second-order valence-corrected chi connectivity index (χ2v) is 4.15. The Kier molecular flexibility index (Phi) is 5.52. The lowest BCUT2D eigenvalue weighted by molar-refractivity contribution is -0.143. The molecule has 7 nitrogen and oxygen atoms in total. The third-order valence-corrected chi connectivity index (χ3v) is 2.56. The second kappa shape index (κ2) is 7.13. The molecule has 1 rings (SSSR count). The van der Waals surface area contributed by atoms with Crippen LogP contribution in [0.1, 0.15) is 12.0 Å². The van der Waals surface area contributed by atoms with Crippen molar-refractivity contribution >= 4 is 17.8 Å². The van der Waals surface area contributed by atoms with E-state index in [0.29, 0.717) is 11.3 Å². The zero-order chi connectivity index (χ0) is 15.1. The van der Waals surface area contributed by atoms with E-state index >= 15 is 0 Å². The summed E-state index contributed by atoms with van der Waals surface area (Å²) in [6, 6.07) is 5.48. The Morgan fingerprint density at radius 2 is 1.90 bits per heavy atom. The van der Waals surface area contributed by atoms with Crippen molar-refractivity contribution in [1.29, 1.82) is 0 Å². The number of carbonyl (C=O) groups excluding carboxylic acids is 2. The van der Waals surface area contributed by atoms with Gasteiger partial charge < -0.3 is 20.9 Å². The molecule has 1 aromatic carbocycles. The van der Waals surface area contributed by atoms with Gasteiger partial charge >= 0.3 is 5.97 Å². The van der Waals surface area contributed by atoms with Crippen molar-refractivity contribution in [2.45, 2.75) is 18.9 Å². The number of hydrogen-bond donors (Lipinski definition) is 3. The summed E-state index contributed by atoms with van der Waals surface area (Å²) in [7, 11) is 1.53. The molecule has 0 saturated carbocycles. The monoisotopic (exact) mass is 280 g/mol. The van der Waals surface area contributed by atoms with E-state index in [1.807, 2.05) is 0 Å². The summed E-state index contributed by atoms with van der Waals surface area (Å²) in [5.41, 5.74) is 5.62. The number of primary amides is 1. The number of rotatable bonds is 7. The Morgan fingerprint density at radius 3 is 2.35 bits per heavy atom. The number of ether oxygens (including phenoxy) is 1. The topological polar surface area (TPSA) is 119 Å². The fraction of sp³-hybridized carbons (Fsp3) is 0.308. The second-order valence-electron chi connectivity index (χ2n) is 4.15. The fourth-order valence-corrected chi connectivity index (χ4v) is 1.58. The maximum atomic E-state index is 11.7. The Bertz CT molecular complexity index is 498. The number of carboxylic acids is 1. The van der Waals surface area contributed by atoms with Crippen LogP contribution >= 0.6 is 0 Å². The highest BCUT2D eigenvalue weighted by Crippen LogP contribution is 2.11. The number of nitrogens with one attached hydrogen (secondary N) is 1. The van der Waals surface area contributed by atoms with Gasteiger partial charge in [-0.05, 0) is 17.7 Å². The first-order chi connectivity index (χ1) is 9.42. The van der Waals surface area contributed by atoms with Crippen LogP contribution in [0.5, 0.6) is 5.75 Å². The predicted molar refractivity (Wildman–Crippen MR) is 70.1 cm³/mol. The molecule has 0 aliphatic rings. The minimum atomic E-state index is -1.31. The van der Waals surface area contributed by atoms with E-state index in [1.54, 1.807) is 24.3 Å². The average Bonchev–Trinajstić information content (AvgIpc) is 2.38. The van der Waals surface area contributed by atoms with Gasteiger partial charge in [-0.2, -0.15) is 0 Å². The first-order valence-electron chi connectivity index (χ1n) is 5.85. The molecule has 20 heavy (non-hydrogen) atoms. The molecule has 0 aliphatic carbocycles. The van der Waals surface area contributed by atoms with Gasteiger partial charge in [-0.3, -0.25) is 9.59 Å². The summed E-state index contributed by atoms with van der Waals surface area (Å²) in [6.45, 7) is 0. The number of benzene rings is 1. The number of amides is 2. The van der Waals surface area contributed by atoms with Crippen LogP contribution in [0, 0.1) is 0 Å². The SMILES string of the molecule is COc1ccc(CC(=O)N[C@H](CC(N)=O)C(=O)O)cc1. The van der Waals surface area contributed by atoms with Crippen molar-refractivity contribution in [3.8, 4) is 5.75 Å². The zero-order valence-corrected chi connectivity index (χ0v) is 11.0. The molecule has 0 bridgehead atoms. The van der Waals surface area contributed by atoms with Gasteiger partial charge in [0.1, 0.15) is 11.8 Å². The average molecular weight is 280 g/mol. The molecule has 108 valence electrons. The van der Waals surface area contributed by atoms with Gasteiger partial charge in [-0.15, -0.1) is 0 Å². The number of methoxy groups -OCH3 is 1. The maximum Gasteiger partial charge on any atom is 0.326 e. The summed E-state index contributed by atoms with van der Waals surface area (Å²) in [5, 5.41) is 11.1. The van der Waals surface area contributed by atoms with Crippen molar-refractivity contribution in [2.24, 2.45) is 5.73 Å². The summed E-state index contributed by atoms with van der Waals surface area (Å²) in [6.07, 6.45) is -0.434. The summed E-state index contributed by atoms with van der Waals surface area (Å²) in [4.78, 5) is 33.3.